The highest BCUT2D eigenvalue weighted by Gasteiger charge is 2.21. The summed E-state index contributed by atoms with van der Waals surface area (Å²) in [5, 5.41) is 13.9. The van der Waals surface area contributed by atoms with Gasteiger partial charge in [0.1, 0.15) is 6.54 Å². The van der Waals surface area contributed by atoms with E-state index in [-0.39, 0.29) is 23.0 Å². The van der Waals surface area contributed by atoms with E-state index in [0.717, 1.165) is 0 Å². The number of halogens is 1. The molecule has 0 amide bonds. The second-order valence-electron chi connectivity index (χ2n) is 3.22. The molecule has 0 N–H and O–H groups in total. The van der Waals surface area contributed by atoms with Crippen molar-refractivity contribution < 1.29 is 9.72 Å². The van der Waals surface area contributed by atoms with Crippen LogP contribution in [0.4, 0.5) is 5.95 Å². The maximum Gasteiger partial charge on any atom is 0.492 e. The predicted octanol–water partition coefficient (Wildman–Crippen LogP) is 1.17. The van der Waals surface area contributed by atoms with Crippen LogP contribution in [0.3, 0.4) is 0 Å². The molecular weight excluding hydrogens is 268 g/mol. The largest absolute Gasteiger partial charge is 0.492 e. The van der Waals surface area contributed by atoms with Gasteiger partial charge in [0, 0.05) is 26.9 Å². The molecule has 0 aliphatic rings. The van der Waals surface area contributed by atoms with Gasteiger partial charge >= 0.3 is 5.95 Å². The number of nitrogens with zero attached hydrogens (tertiary/aromatic N) is 4. The minimum atomic E-state index is -0.707. The van der Waals surface area contributed by atoms with Gasteiger partial charge in [-0.15, -0.1) is 0 Å². The lowest BCUT2D eigenvalue weighted by molar-refractivity contribution is -0.394. The van der Waals surface area contributed by atoms with Crippen LogP contribution in [0.2, 0.25) is 0 Å². The van der Waals surface area contributed by atoms with Gasteiger partial charge in [-0.2, -0.15) is 4.68 Å². The highest BCUT2D eigenvalue weighted by atomic mass is 79.9. The van der Waals surface area contributed by atoms with Gasteiger partial charge in [0.25, 0.3) is 4.73 Å². The van der Waals surface area contributed by atoms with Crippen molar-refractivity contribution in [3.05, 3.63) is 14.8 Å². The monoisotopic (exact) mass is 276 g/mol. The van der Waals surface area contributed by atoms with Crippen molar-refractivity contribution in [1.29, 1.82) is 0 Å². The summed E-state index contributed by atoms with van der Waals surface area (Å²) in [5.74, 6) is -0.714. The van der Waals surface area contributed by atoms with Crippen LogP contribution in [-0.4, -0.2) is 25.5 Å². The molecule has 0 atom stereocenters. The minimum absolute atomic E-state index is 0.0148. The van der Waals surface area contributed by atoms with E-state index < -0.39 is 10.9 Å². The van der Waals surface area contributed by atoms with Gasteiger partial charge in [0.2, 0.25) is 0 Å². The number of rotatable bonds is 4. The summed E-state index contributed by atoms with van der Waals surface area (Å²) in [6, 6.07) is 0. The maximum absolute atomic E-state index is 11.4. The molecule has 8 heteroatoms. The zero-order valence-corrected chi connectivity index (χ0v) is 9.76. The number of carbonyl (C=O) groups excluding carboxylic acids is 1. The number of ketones is 1. The Morgan fingerprint density at radius 3 is 2.67 bits per heavy atom. The normalized spacial score (nSPS) is 10.7. The summed E-state index contributed by atoms with van der Waals surface area (Å²) < 4.78 is 1.35. The Morgan fingerprint density at radius 2 is 2.27 bits per heavy atom. The van der Waals surface area contributed by atoms with Crippen LogP contribution < -0.4 is 0 Å². The molecular formula is C7H9BrN4O3. The van der Waals surface area contributed by atoms with E-state index in [1.165, 1.54) is 4.68 Å². The molecule has 0 saturated carbocycles. The van der Waals surface area contributed by atoms with E-state index in [9.17, 15) is 14.9 Å². The van der Waals surface area contributed by atoms with Crippen LogP contribution in [0.15, 0.2) is 4.73 Å². The number of hydrogen-bond acceptors (Lipinski definition) is 5. The average molecular weight is 277 g/mol. The summed E-state index contributed by atoms with van der Waals surface area (Å²) in [5.41, 5.74) is 0. The Hall–Kier alpha value is -1.31. The van der Waals surface area contributed by atoms with Crippen LogP contribution in [0, 0.1) is 16.0 Å². The predicted molar refractivity (Wildman–Crippen MR) is 54.2 cm³/mol. The first-order chi connectivity index (χ1) is 6.91. The van der Waals surface area contributed by atoms with Crippen LogP contribution in [0.25, 0.3) is 0 Å². The van der Waals surface area contributed by atoms with Crippen molar-refractivity contribution in [1.82, 2.24) is 14.8 Å². The summed E-state index contributed by atoms with van der Waals surface area (Å²) in [4.78, 5) is 24.5. The Bertz CT molecular complexity index is 401. The van der Waals surface area contributed by atoms with E-state index in [4.69, 9.17) is 0 Å². The Kier molecular flexibility index (Phi) is 3.51. The smallest absolute Gasteiger partial charge is 0.390 e. The minimum Gasteiger partial charge on any atom is -0.390 e. The second-order valence-corrected chi connectivity index (χ2v) is 3.93. The van der Waals surface area contributed by atoms with E-state index in [2.05, 4.69) is 26.0 Å². The molecule has 1 rings (SSSR count). The molecule has 0 aliphatic carbocycles. The van der Waals surface area contributed by atoms with Crippen molar-refractivity contribution in [2.45, 2.75) is 20.4 Å². The van der Waals surface area contributed by atoms with Crippen LogP contribution in [0.1, 0.15) is 13.8 Å². The van der Waals surface area contributed by atoms with E-state index >= 15 is 0 Å². The summed E-state index contributed by atoms with van der Waals surface area (Å²) >= 11 is 3.00. The Morgan fingerprint density at radius 1 is 1.67 bits per heavy atom. The molecule has 0 bridgehead atoms. The van der Waals surface area contributed by atoms with Crippen molar-refractivity contribution in [2.24, 2.45) is 5.92 Å². The fraction of sp³-hybridized carbons (Fsp3) is 0.571. The third-order valence-electron chi connectivity index (χ3n) is 1.73. The van der Waals surface area contributed by atoms with Gasteiger partial charge in [-0.1, -0.05) is 13.8 Å². The molecule has 82 valence electrons. The lowest BCUT2D eigenvalue weighted by atomic mass is 10.1. The number of Topliss-reactive ketones (excluding diaryl/α,β-unsaturated/α-hetero) is 1. The van der Waals surface area contributed by atoms with Gasteiger partial charge in [-0.05, 0) is 9.91 Å². The molecule has 0 spiro atoms. The number of hydrogen-bond donors (Lipinski definition) is 0. The topological polar surface area (TPSA) is 90.9 Å². The molecule has 0 aromatic carbocycles. The molecule has 0 aliphatic heterocycles. The van der Waals surface area contributed by atoms with Gasteiger partial charge < -0.3 is 10.1 Å². The summed E-state index contributed by atoms with van der Waals surface area (Å²) in [7, 11) is 0. The molecule has 15 heavy (non-hydrogen) atoms. The Balaban J connectivity index is 2.86. The molecule has 7 nitrogen and oxygen atoms in total. The van der Waals surface area contributed by atoms with Crippen molar-refractivity contribution in [3.63, 3.8) is 0 Å². The molecule has 0 fully saturated rings. The molecule has 0 saturated heterocycles. The quantitative estimate of drug-likeness (QED) is 0.608. The molecule has 0 unspecified atom stereocenters. The summed E-state index contributed by atoms with van der Waals surface area (Å²) in [6.07, 6.45) is 0. The maximum atomic E-state index is 11.4. The van der Waals surface area contributed by atoms with Gasteiger partial charge in [0.05, 0.1) is 0 Å². The van der Waals surface area contributed by atoms with Crippen LogP contribution in [-0.2, 0) is 11.3 Å². The van der Waals surface area contributed by atoms with Crippen LogP contribution >= 0.6 is 15.9 Å². The standard InChI is InChI=1S/C7H9BrN4O3/c1-4(2)5(13)3-11-6(8)9-7(10-11)12(14)15/h4H,3H2,1-2H3. The van der Waals surface area contributed by atoms with Crippen molar-refractivity contribution >= 4 is 27.7 Å². The first-order valence-corrected chi connectivity index (χ1v) is 4.98. The second kappa shape index (κ2) is 4.47. The average Bonchev–Trinajstić information content (AvgIpc) is 2.47. The zero-order chi connectivity index (χ0) is 11.6. The molecule has 1 aromatic rings. The fourth-order valence-corrected chi connectivity index (χ4v) is 1.18. The molecule has 0 radical (unpaired) electrons. The van der Waals surface area contributed by atoms with E-state index in [0.29, 0.717) is 0 Å². The first kappa shape index (κ1) is 11.8. The highest BCUT2D eigenvalue weighted by Crippen LogP contribution is 2.12. The zero-order valence-electron chi connectivity index (χ0n) is 8.18. The van der Waals surface area contributed by atoms with E-state index in [1.54, 1.807) is 13.8 Å². The van der Waals surface area contributed by atoms with Gasteiger partial charge in [0.15, 0.2) is 5.78 Å². The first-order valence-electron chi connectivity index (χ1n) is 4.19. The fourth-order valence-electron chi connectivity index (χ4n) is 0.820. The number of nitro groups is 1. The number of carbonyl (C=O) groups is 1. The SMILES string of the molecule is CC(C)C(=O)Cn1nc([N+](=O)[O-])nc1Br. The lowest BCUT2D eigenvalue weighted by Gasteiger charge is -2.00. The van der Waals surface area contributed by atoms with Gasteiger partial charge in [-0.3, -0.25) is 4.79 Å². The van der Waals surface area contributed by atoms with Crippen molar-refractivity contribution in [3.8, 4) is 0 Å². The number of aromatic nitrogens is 3. The Labute approximate surface area is 93.8 Å². The third kappa shape index (κ3) is 2.82. The van der Waals surface area contributed by atoms with Crippen molar-refractivity contribution in [2.75, 3.05) is 0 Å². The highest BCUT2D eigenvalue weighted by molar-refractivity contribution is 9.10. The van der Waals surface area contributed by atoms with Gasteiger partial charge in [-0.25, -0.2) is 0 Å². The lowest BCUT2D eigenvalue weighted by Crippen LogP contribution is -2.16. The third-order valence-corrected chi connectivity index (χ3v) is 2.31. The summed E-state index contributed by atoms with van der Waals surface area (Å²) in [6.45, 7) is 3.49. The van der Waals surface area contributed by atoms with Crippen LogP contribution in [0.5, 0.6) is 0 Å². The molecule has 1 heterocycles. The molecule has 1 aromatic heterocycles. The van der Waals surface area contributed by atoms with E-state index in [1.807, 2.05) is 0 Å².